The van der Waals surface area contributed by atoms with Crippen molar-refractivity contribution in [1.82, 2.24) is 15.2 Å². The summed E-state index contributed by atoms with van der Waals surface area (Å²) in [5, 5.41) is 0. The van der Waals surface area contributed by atoms with Crippen LogP contribution in [0.3, 0.4) is 0 Å². The lowest BCUT2D eigenvalue weighted by Gasteiger charge is -2.43. The second kappa shape index (κ2) is 5.92. The molecule has 2 aliphatic rings. The van der Waals surface area contributed by atoms with Crippen LogP contribution in [-0.2, 0) is 10.0 Å². The Hall–Kier alpha value is -0.950. The molecule has 2 heterocycles. The SMILES string of the molecule is CC1CNNC1C1(C)CCN(S(=O)(=O)c2ccccc2)CC1. The Labute approximate surface area is 133 Å². The summed E-state index contributed by atoms with van der Waals surface area (Å²) in [6, 6.07) is 9.15. The van der Waals surface area contributed by atoms with Crippen molar-refractivity contribution in [1.29, 1.82) is 0 Å². The van der Waals surface area contributed by atoms with E-state index in [9.17, 15) is 8.42 Å². The molecular weight excluding hydrogens is 298 g/mol. The second-order valence-corrected chi connectivity index (χ2v) is 8.79. The van der Waals surface area contributed by atoms with Crippen molar-refractivity contribution < 1.29 is 8.42 Å². The van der Waals surface area contributed by atoms with Gasteiger partial charge >= 0.3 is 0 Å². The molecule has 1 aromatic rings. The van der Waals surface area contributed by atoms with Crippen LogP contribution in [0.1, 0.15) is 26.7 Å². The molecule has 22 heavy (non-hydrogen) atoms. The molecule has 2 N–H and O–H groups in total. The summed E-state index contributed by atoms with van der Waals surface area (Å²) in [6.07, 6.45) is 1.78. The van der Waals surface area contributed by atoms with Crippen molar-refractivity contribution in [3.05, 3.63) is 30.3 Å². The van der Waals surface area contributed by atoms with E-state index < -0.39 is 10.0 Å². The second-order valence-electron chi connectivity index (χ2n) is 6.85. The highest BCUT2D eigenvalue weighted by Gasteiger charge is 2.43. The van der Waals surface area contributed by atoms with Gasteiger partial charge in [0.2, 0.25) is 10.0 Å². The maximum absolute atomic E-state index is 12.7. The number of nitrogens with one attached hydrogen (secondary N) is 2. The van der Waals surface area contributed by atoms with Gasteiger partial charge in [0.05, 0.1) is 4.90 Å². The fourth-order valence-electron chi connectivity index (χ4n) is 3.74. The van der Waals surface area contributed by atoms with Crippen LogP contribution in [0.5, 0.6) is 0 Å². The largest absolute Gasteiger partial charge is 0.257 e. The van der Waals surface area contributed by atoms with E-state index in [0.29, 0.717) is 29.9 Å². The lowest BCUT2D eigenvalue weighted by Crippen LogP contribution is -2.51. The molecule has 0 radical (unpaired) electrons. The highest BCUT2D eigenvalue weighted by molar-refractivity contribution is 7.89. The van der Waals surface area contributed by atoms with Crippen molar-refractivity contribution in [2.24, 2.45) is 11.3 Å². The van der Waals surface area contributed by atoms with E-state index in [0.717, 1.165) is 19.4 Å². The number of sulfonamides is 1. The van der Waals surface area contributed by atoms with Gasteiger partial charge in [0, 0.05) is 25.7 Å². The Morgan fingerprint density at radius 3 is 2.36 bits per heavy atom. The van der Waals surface area contributed by atoms with Crippen molar-refractivity contribution >= 4 is 10.0 Å². The predicted octanol–water partition coefficient (Wildman–Crippen LogP) is 1.59. The maximum Gasteiger partial charge on any atom is 0.243 e. The highest BCUT2D eigenvalue weighted by atomic mass is 32.2. The van der Waals surface area contributed by atoms with Crippen LogP contribution in [-0.4, -0.2) is 38.4 Å². The first kappa shape index (κ1) is 15.9. The third-order valence-electron chi connectivity index (χ3n) is 5.25. The molecule has 2 unspecified atom stereocenters. The zero-order valence-corrected chi connectivity index (χ0v) is 14.1. The molecule has 2 saturated heterocycles. The summed E-state index contributed by atoms with van der Waals surface area (Å²) < 4.78 is 27.0. The Morgan fingerprint density at radius 2 is 1.82 bits per heavy atom. The van der Waals surface area contributed by atoms with Gasteiger partial charge in [-0.3, -0.25) is 10.9 Å². The quantitative estimate of drug-likeness (QED) is 0.887. The first-order valence-electron chi connectivity index (χ1n) is 7.97. The molecule has 122 valence electrons. The molecular formula is C16H25N3O2S. The van der Waals surface area contributed by atoms with E-state index in [4.69, 9.17) is 0 Å². The van der Waals surface area contributed by atoms with Gasteiger partial charge in [0.15, 0.2) is 0 Å². The molecule has 5 nitrogen and oxygen atoms in total. The lowest BCUT2D eigenvalue weighted by molar-refractivity contribution is 0.110. The average molecular weight is 323 g/mol. The summed E-state index contributed by atoms with van der Waals surface area (Å²) in [5.74, 6) is 0.572. The van der Waals surface area contributed by atoms with Gasteiger partial charge in [-0.2, -0.15) is 4.31 Å². The van der Waals surface area contributed by atoms with Crippen LogP contribution in [0.15, 0.2) is 35.2 Å². The Balaban J connectivity index is 1.72. The number of benzene rings is 1. The molecule has 2 fully saturated rings. The molecule has 1 aromatic carbocycles. The zero-order valence-electron chi connectivity index (χ0n) is 13.2. The zero-order chi connectivity index (χ0) is 15.8. The van der Waals surface area contributed by atoms with Gasteiger partial charge < -0.3 is 0 Å². The van der Waals surface area contributed by atoms with Crippen molar-refractivity contribution in [2.75, 3.05) is 19.6 Å². The normalized spacial score (nSPS) is 29.5. The fourth-order valence-corrected chi connectivity index (χ4v) is 5.20. The number of hydrogen-bond acceptors (Lipinski definition) is 4. The Kier molecular flexibility index (Phi) is 4.29. The van der Waals surface area contributed by atoms with E-state index in [1.165, 1.54) is 0 Å². The molecule has 0 spiro atoms. The van der Waals surface area contributed by atoms with Crippen molar-refractivity contribution in [3.63, 3.8) is 0 Å². The number of nitrogens with zero attached hydrogens (tertiary/aromatic N) is 1. The Bertz CT molecular complexity index is 610. The summed E-state index contributed by atoms with van der Waals surface area (Å²) in [6.45, 7) is 6.69. The molecule has 0 saturated carbocycles. The Morgan fingerprint density at radius 1 is 1.18 bits per heavy atom. The average Bonchev–Trinajstić information content (AvgIpc) is 2.96. The number of hydrogen-bond donors (Lipinski definition) is 2. The summed E-state index contributed by atoms with van der Waals surface area (Å²) in [7, 11) is -3.35. The third-order valence-corrected chi connectivity index (χ3v) is 7.16. The van der Waals surface area contributed by atoms with Crippen LogP contribution >= 0.6 is 0 Å². The molecule has 2 aliphatic heterocycles. The predicted molar refractivity (Wildman–Crippen MR) is 86.6 cm³/mol. The van der Waals surface area contributed by atoms with Crippen LogP contribution < -0.4 is 10.9 Å². The van der Waals surface area contributed by atoms with Crippen LogP contribution in [0.2, 0.25) is 0 Å². The van der Waals surface area contributed by atoms with Gasteiger partial charge in [-0.15, -0.1) is 0 Å². The molecule has 0 bridgehead atoms. The maximum atomic E-state index is 12.7. The van der Waals surface area contributed by atoms with Gasteiger partial charge in [-0.05, 0) is 36.3 Å². The van der Waals surface area contributed by atoms with E-state index in [2.05, 4.69) is 24.7 Å². The molecule has 0 aromatic heterocycles. The molecule has 3 rings (SSSR count). The summed E-state index contributed by atoms with van der Waals surface area (Å²) in [5.41, 5.74) is 6.76. The molecule has 0 amide bonds. The molecule has 2 atom stereocenters. The summed E-state index contributed by atoms with van der Waals surface area (Å²) >= 11 is 0. The molecule has 0 aliphatic carbocycles. The van der Waals surface area contributed by atoms with Crippen LogP contribution in [0.25, 0.3) is 0 Å². The number of piperidine rings is 1. The van der Waals surface area contributed by atoms with Crippen LogP contribution in [0, 0.1) is 11.3 Å². The third kappa shape index (κ3) is 2.80. The number of hydrazine groups is 1. The van der Waals surface area contributed by atoms with E-state index in [-0.39, 0.29) is 5.41 Å². The fraction of sp³-hybridized carbons (Fsp3) is 0.625. The lowest BCUT2D eigenvalue weighted by atomic mass is 9.71. The first-order valence-corrected chi connectivity index (χ1v) is 9.41. The van der Waals surface area contributed by atoms with Crippen molar-refractivity contribution in [3.8, 4) is 0 Å². The van der Waals surface area contributed by atoms with Crippen LogP contribution in [0.4, 0.5) is 0 Å². The van der Waals surface area contributed by atoms with E-state index in [1.54, 1.807) is 28.6 Å². The molecule has 6 heteroatoms. The van der Waals surface area contributed by atoms with Gasteiger partial charge in [-0.1, -0.05) is 32.0 Å². The highest BCUT2D eigenvalue weighted by Crippen LogP contribution is 2.39. The van der Waals surface area contributed by atoms with E-state index in [1.807, 2.05) is 6.07 Å². The minimum absolute atomic E-state index is 0.144. The smallest absolute Gasteiger partial charge is 0.243 e. The monoisotopic (exact) mass is 323 g/mol. The van der Waals surface area contributed by atoms with Gasteiger partial charge in [0.1, 0.15) is 0 Å². The standard InChI is InChI=1S/C16H25N3O2S/c1-13-12-17-18-15(13)16(2)8-10-19(11-9-16)22(20,21)14-6-4-3-5-7-14/h3-7,13,15,17-18H,8-12H2,1-2H3. The first-order chi connectivity index (χ1) is 10.4. The minimum Gasteiger partial charge on any atom is -0.257 e. The minimum atomic E-state index is -3.35. The van der Waals surface area contributed by atoms with Gasteiger partial charge in [-0.25, -0.2) is 8.42 Å². The van der Waals surface area contributed by atoms with E-state index >= 15 is 0 Å². The van der Waals surface area contributed by atoms with Crippen molar-refractivity contribution in [2.45, 2.75) is 37.6 Å². The van der Waals surface area contributed by atoms with Gasteiger partial charge in [0.25, 0.3) is 0 Å². The topological polar surface area (TPSA) is 61.4 Å². The summed E-state index contributed by atoms with van der Waals surface area (Å²) in [4.78, 5) is 0.396. The number of rotatable bonds is 3.